The van der Waals surface area contributed by atoms with E-state index in [1.54, 1.807) is 0 Å². The van der Waals surface area contributed by atoms with Gasteiger partial charge in [-0.05, 0) is 30.1 Å². The van der Waals surface area contributed by atoms with Crippen LogP contribution in [-0.2, 0) is 13.9 Å². The molecule has 0 radical (unpaired) electrons. The fourth-order valence-corrected chi connectivity index (χ4v) is 6.59. The van der Waals surface area contributed by atoms with Gasteiger partial charge in [-0.3, -0.25) is 0 Å². The Balaban J connectivity index is 2.19. The Bertz CT molecular complexity index is 679. The third-order valence-electron chi connectivity index (χ3n) is 8.17. The summed E-state index contributed by atoms with van der Waals surface area (Å²) in [5.74, 6) is 0.516. The first-order chi connectivity index (χ1) is 12.7. The molecule has 160 valence electrons. The van der Waals surface area contributed by atoms with Crippen LogP contribution in [-0.4, -0.2) is 39.0 Å². The summed E-state index contributed by atoms with van der Waals surface area (Å²) in [6.45, 7) is 23.9. The molecule has 1 aliphatic heterocycles. The smallest absolute Gasteiger partial charge is 0.250 e. The normalized spacial score (nSPS) is 32.6. The number of ether oxygens (including phenoxy) is 2. The molecular formula is C23H40O4Si. The zero-order valence-electron chi connectivity index (χ0n) is 19.2. The second kappa shape index (κ2) is 6.69. The van der Waals surface area contributed by atoms with Crippen molar-refractivity contribution < 1.29 is 19.0 Å². The van der Waals surface area contributed by atoms with Crippen LogP contribution in [0.4, 0.5) is 0 Å². The van der Waals surface area contributed by atoms with Gasteiger partial charge < -0.3 is 19.0 Å². The molecule has 0 aromatic carbocycles. The van der Waals surface area contributed by atoms with Crippen LogP contribution >= 0.6 is 0 Å². The van der Waals surface area contributed by atoms with E-state index in [0.717, 1.165) is 24.2 Å². The molecule has 3 aliphatic rings. The maximum Gasteiger partial charge on any atom is 0.250 e. The van der Waals surface area contributed by atoms with E-state index in [2.05, 4.69) is 61.2 Å². The average molecular weight is 409 g/mol. The molecule has 0 amide bonds. The van der Waals surface area contributed by atoms with E-state index in [-0.39, 0.29) is 28.4 Å². The van der Waals surface area contributed by atoms with E-state index in [9.17, 15) is 5.11 Å². The lowest BCUT2D eigenvalue weighted by Gasteiger charge is -2.59. The largest absolute Gasteiger partial charge is 0.546 e. The summed E-state index contributed by atoms with van der Waals surface area (Å²) < 4.78 is 19.4. The van der Waals surface area contributed by atoms with Gasteiger partial charge in [0.2, 0.25) is 8.32 Å². The fourth-order valence-electron chi connectivity index (χ4n) is 5.49. The number of hydrogen-bond donors (Lipinski definition) is 1. The van der Waals surface area contributed by atoms with Crippen molar-refractivity contribution in [1.82, 2.24) is 0 Å². The first-order valence-electron chi connectivity index (χ1n) is 10.7. The van der Waals surface area contributed by atoms with Crippen molar-refractivity contribution >= 4 is 8.32 Å². The Labute approximate surface area is 172 Å². The topological polar surface area (TPSA) is 47.9 Å². The van der Waals surface area contributed by atoms with E-state index in [1.807, 2.05) is 0 Å². The van der Waals surface area contributed by atoms with E-state index < -0.39 is 14.1 Å². The number of hydrogen-bond acceptors (Lipinski definition) is 4. The average Bonchev–Trinajstić information content (AvgIpc) is 3.00. The lowest BCUT2D eigenvalue weighted by atomic mass is 9.50. The van der Waals surface area contributed by atoms with E-state index in [0.29, 0.717) is 19.6 Å². The second-order valence-corrected chi connectivity index (χ2v) is 15.9. The number of aliphatic hydroxyl groups excluding tert-OH is 1. The van der Waals surface area contributed by atoms with Gasteiger partial charge >= 0.3 is 0 Å². The Morgan fingerprint density at radius 3 is 2.21 bits per heavy atom. The van der Waals surface area contributed by atoms with Gasteiger partial charge in [-0.2, -0.15) is 0 Å². The van der Waals surface area contributed by atoms with Gasteiger partial charge in [-0.25, -0.2) is 0 Å². The van der Waals surface area contributed by atoms with Gasteiger partial charge in [0.05, 0.1) is 25.6 Å². The van der Waals surface area contributed by atoms with Gasteiger partial charge in [0.25, 0.3) is 0 Å². The van der Waals surface area contributed by atoms with Crippen LogP contribution in [0.2, 0.25) is 18.1 Å². The maximum absolute atomic E-state index is 10.3. The molecule has 3 rings (SSSR count). The molecule has 0 bridgehead atoms. The van der Waals surface area contributed by atoms with Crippen molar-refractivity contribution in [3.05, 3.63) is 23.5 Å². The SMILES string of the molecule is C=C1CC(O[Si](C)(C)C(C)(C)C)=C2C(C)(C)C3(CC[C@]2(C)[C@H]1CO)OCCO3. The summed E-state index contributed by atoms with van der Waals surface area (Å²) >= 11 is 0. The summed E-state index contributed by atoms with van der Waals surface area (Å²) in [5.41, 5.74) is 1.85. The minimum absolute atomic E-state index is 0.0484. The molecule has 1 saturated heterocycles. The van der Waals surface area contributed by atoms with Crippen molar-refractivity contribution in [2.75, 3.05) is 19.8 Å². The Kier molecular flexibility index (Phi) is 5.28. The van der Waals surface area contributed by atoms with Crippen LogP contribution in [0.25, 0.3) is 0 Å². The highest BCUT2D eigenvalue weighted by Crippen LogP contribution is 2.65. The Morgan fingerprint density at radius 2 is 1.71 bits per heavy atom. The van der Waals surface area contributed by atoms with Crippen molar-refractivity contribution in [2.24, 2.45) is 16.7 Å². The molecule has 0 unspecified atom stereocenters. The predicted molar refractivity (Wildman–Crippen MR) is 115 cm³/mol. The monoisotopic (exact) mass is 408 g/mol. The standard InChI is InChI=1S/C23H40O4Si/c1-16-14-18(27-28(8,9)20(2,3)4)19-21(5,6)23(25-12-13-26-23)11-10-22(19,7)17(16)15-24/h17,24H,1,10-15H2,2-9H3/t17-,22+/m0/s1. The highest BCUT2D eigenvalue weighted by Gasteiger charge is 2.63. The van der Waals surface area contributed by atoms with Crippen LogP contribution < -0.4 is 0 Å². The summed E-state index contributed by atoms with van der Waals surface area (Å²) in [7, 11) is -2.02. The zero-order valence-corrected chi connectivity index (χ0v) is 20.2. The lowest BCUT2D eigenvalue weighted by molar-refractivity contribution is -0.243. The molecule has 1 saturated carbocycles. The second-order valence-electron chi connectivity index (χ2n) is 11.2. The first kappa shape index (κ1) is 22.1. The minimum atomic E-state index is -2.02. The number of allylic oxidation sites excluding steroid dienone is 1. The molecule has 1 heterocycles. The third-order valence-corrected chi connectivity index (χ3v) is 12.5. The Morgan fingerprint density at radius 1 is 1.14 bits per heavy atom. The van der Waals surface area contributed by atoms with Crippen LogP contribution in [0.3, 0.4) is 0 Å². The Hall–Kier alpha value is -0.623. The van der Waals surface area contributed by atoms with Crippen LogP contribution in [0.15, 0.2) is 23.5 Å². The molecule has 0 aromatic heterocycles. The fraction of sp³-hybridized carbons (Fsp3) is 0.826. The molecule has 1 N–H and O–H groups in total. The highest BCUT2D eigenvalue weighted by atomic mass is 28.4. The zero-order chi connectivity index (χ0) is 21.2. The van der Waals surface area contributed by atoms with Gasteiger partial charge in [-0.15, -0.1) is 0 Å². The summed E-state index contributed by atoms with van der Waals surface area (Å²) in [6.07, 6.45) is 2.43. The van der Waals surface area contributed by atoms with Crippen molar-refractivity contribution in [3.8, 4) is 0 Å². The lowest BCUT2D eigenvalue weighted by Crippen LogP contribution is -2.58. The predicted octanol–water partition coefficient (Wildman–Crippen LogP) is 5.40. The highest BCUT2D eigenvalue weighted by molar-refractivity contribution is 6.74. The van der Waals surface area contributed by atoms with E-state index >= 15 is 0 Å². The molecule has 1 spiro atoms. The maximum atomic E-state index is 10.3. The first-order valence-corrected chi connectivity index (χ1v) is 13.6. The molecule has 2 atom stereocenters. The van der Waals surface area contributed by atoms with Crippen LogP contribution in [0, 0.1) is 16.7 Å². The molecule has 2 fully saturated rings. The third kappa shape index (κ3) is 3.04. The van der Waals surface area contributed by atoms with Crippen LogP contribution in [0.1, 0.15) is 60.8 Å². The van der Waals surface area contributed by atoms with Gasteiger partial charge in [0.15, 0.2) is 5.79 Å². The molecule has 0 aromatic rings. The molecule has 5 heteroatoms. The molecule has 2 aliphatic carbocycles. The van der Waals surface area contributed by atoms with E-state index in [1.165, 1.54) is 5.57 Å². The molecule has 4 nitrogen and oxygen atoms in total. The molecular weight excluding hydrogens is 368 g/mol. The van der Waals surface area contributed by atoms with Crippen molar-refractivity contribution in [2.45, 2.75) is 84.7 Å². The molecule has 28 heavy (non-hydrogen) atoms. The number of rotatable bonds is 3. The van der Waals surface area contributed by atoms with Gasteiger partial charge in [0, 0.05) is 29.6 Å². The van der Waals surface area contributed by atoms with Crippen LogP contribution in [0.5, 0.6) is 0 Å². The summed E-state index contributed by atoms with van der Waals surface area (Å²) in [6, 6.07) is 0. The quantitative estimate of drug-likeness (QED) is 0.502. The van der Waals surface area contributed by atoms with Crippen molar-refractivity contribution in [3.63, 3.8) is 0 Å². The minimum Gasteiger partial charge on any atom is -0.546 e. The van der Waals surface area contributed by atoms with Gasteiger partial charge in [-0.1, -0.05) is 53.7 Å². The number of fused-ring (bicyclic) bond motifs is 1. The summed E-state index contributed by atoms with van der Waals surface area (Å²) in [5, 5.41) is 10.4. The number of aliphatic hydroxyl groups is 1. The summed E-state index contributed by atoms with van der Waals surface area (Å²) in [4.78, 5) is 0. The van der Waals surface area contributed by atoms with Crippen molar-refractivity contribution in [1.29, 1.82) is 0 Å². The van der Waals surface area contributed by atoms with Gasteiger partial charge in [0.1, 0.15) is 0 Å². The van der Waals surface area contributed by atoms with E-state index in [4.69, 9.17) is 13.9 Å².